The second-order valence-corrected chi connectivity index (χ2v) is 12.4. The summed E-state index contributed by atoms with van der Waals surface area (Å²) in [5.41, 5.74) is 10.9. The van der Waals surface area contributed by atoms with Gasteiger partial charge in [0.05, 0.1) is 17.3 Å². The van der Waals surface area contributed by atoms with Crippen molar-refractivity contribution in [3.8, 4) is 11.3 Å². The second kappa shape index (κ2) is 12.2. The van der Waals surface area contributed by atoms with Crippen molar-refractivity contribution in [2.75, 3.05) is 0 Å². The van der Waals surface area contributed by atoms with Gasteiger partial charge in [-0.2, -0.15) is 0 Å². The predicted molar refractivity (Wildman–Crippen MR) is 199 cm³/mol. The quantitative estimate of drug-likeness (QED) is 0.180. The molecule has 2 heterocycles. The van der Waals surface area contributed by atoms with Crippen molar-refractivity contribution in [3.63, 3.8) is 0 Å². The van der Waals surface area contributed by atoms with Crippen molar-refractivity contribution in [3.05, 3.63) is 175 Å². The lowest BCUT2D eigenvalue weighted by atomic mass is 9.80. The minimum Gasteiger partial charge on any atom is -0.332 e. The number of rotatable bonds is 7. The largest absolute Gasteiger partial charge is 0.332 e. The van der Waals surface area contributed by atoms with Crippen LogP contribution in [0.2, 0.25) is 0 Å². The van der Waals surface area contributed by atoms with E-state index >= 15 is 0 Å². The van der Waals surface area contributed by atoms with E-state index in [1.807, 2.05) is 18.3 Å². The summed E-state index contributed by atoms with van der Waals surface area (Å²) in [6.07, 6.45) is 12.7. The maximum absolute atomic E-state index is 7.46. The molecule has 1 aliphatic carbocycles. The zero-order valence-electron chi connectivity index (χ0n) is 26.3. The smallest absolute Gasteiger partial charge is 0.0702 e. The molecule has 0 saturated carbocycles. The van der Waals surface area contributed by atoms with Gasteiger partial charge in [-0.05, 0) is 70.0 Å². The standard InChI is InChI=1S/C44H35N3/c1-30-40(33-15-6-3-7-16-33)28-36(32-13-4-2-5-14-32)29-42(30)47-43-26-31(12-8-10-24-45)18-21-38(43)39-23-19-34-27-35(20-22-37(34)44(39)47)41-17-9-11-25-46-41/h2-11,13-30,42,45H,12H2,1H3/b10-8-,45-24?. The fourth-order valence-electron chi connectivity index (χ4n) is 7.26. The number of allylic oxidation sites excluding steroid dienone is 6. The van der Waals surface area contributed by atoms with Crippen LogP contribution in [0.1, 0.15) is 29.7 Å². The molecule has 226 valence electrons. The first-order chi connectivity index (χ1) is 23.2. The SMILES string of the molecule is CC1C(c2ccccc2)=CC(c2ccccc2)=CC1n1c2cc(C/C=C\C=N)ccc2c2ccc3cc(-c4ccccn4)ccc3c21. The summed E-state index contributed by atoms with van der Waals surface area (Å²) in [6.45, 7) is 2.38. The summed E-state index contributed by atoms with van der Waals surface area (Å²) in [5.74, 6) is 0.216. The van der Waals surface area contributed by atoms with Crippen molar-refractivity contribution < 1.29 is 0 Å². The van der Waals surface area contributed by atoms with Crippen LogP contribution < -0.4 is 0 Å². The molecule has 0 fully saturated rings. The van der Waals surface area contributed by atoms with Gasteiger partial charge < -0.3 is 9.98 Å². The highest BCUT2D eigenvalue weighted by Crippen LogP contribution is 2.46. The average molecular weight is 606 g/mol. The first kappa shape index (κ1) is 28.7. The van der Waals surface area contributed by atoms with Crippen LogP contribution in [0.25, 0.3) is 55.0 Å². The number of pyridine rings is 1. The molecule has 0 spiro atoms. The Balaban J connectivity index is 1.41. The van der Waals surface area contributed by atoms with Crippen molar-refractivity contribution >= 4 is 49.9 Å². The minimum absolute atomic E-state index is 0.0684. The molecule has 0 amide bonds. The molecule has 0 radical (unpaired) electrons. The summed E-state index contributed by atoms with van der Waals surface area (Å²) >= 11 is 0. The number of benzene rings is 5. The topological polar surface area (TPSA) is 41.7 Å². The van der Waals surface area contributed by atoms with E-state index in [-0.39, 0.29) is 12.0 Å². The normalized spacial score (nSPS) is 16.5. The van der Waals surface area contributed by atoms with Gasteiger partial charge in [0.15, 0.2) is 0 Å². The average Bonchev–Trinajstić information content (AvgIpc) is 3.46. The summed E-state index contributed by atoms with van der Waals surface area (Å²) in [6, 6.07) is 46.0. The van der Waals surface area contributed by atoms with E-state index in [2.05, 4.69) is 150 Å². The van der Waals surface area contributed by atoms with Gasteiger partial charge in [-0.25, -0.2) is 0 Å². The lowest BCUT2D eigenvalue weighted by Gasteiger charge is -2.32. The van der Waals surface area contributed by atoms with Crippen molar-refractivity contribution in [1.82, 2.24) is 9.55 Å². The summed E-state index contributed by atoms with van der Waals surface area (Å²) in [4.78, 5) is 4.63. The van der Waals surface area contributed by atoms with E-state index in [0.29, 0.717) is 0 Å². The molecule has 1 N–H and O–H groups in total. The molecule has 1 aliphatic rings. The first-order valence-corrected chi connectivity index (χ1v) is 16.3. The molecule has 5 aromatic carbocycles. The molecule has 0 bridgehead atoms. The number of aromatic nitrogens is 2. The van der Waals surface area contributed by atoms with Crippen molar-refractivity contribution in [2.24, 2.45) is 5.92 Å². The lowest BCUT2D eigenvalue weighted by molar-refractivity contribution is 0.525. The fourth-order valence-corrected chi connectivity index (χ4v) is 7.26. The Labute approximate surface area is 275 Å². The third kappa shape index (κ3) is 5.20. The zero-order valence-corrected chi connectivity index (χ0v) is 26.3. The number of fused-ring (bicyclic) bond motifs is 5. The monoisotopic (exact) mass is 605 g/mol. The summed E-state index contributed by atoms with van der Waals surface area (Å²) in [5, 5.41) is 12.4. The Morgan fingerprint density at radius 1 is 0.723 bits per heavy atom. The minimum atomic E-state index is 0.0684. The first-order valence-electron chi connectivity index (χ1n) is 16.3. The molecule has 2 aromatic heterocycles. The van der Waals surface area contributed by atoms with Gasteiger partial charge in [0.25, 0.3) is 0 Å². The van der Waals surface area contributed by atoms with E-state index in [4.69, 9.17) is 5.41 Å². The Morgan fingerprint density at radius 3 is 2.23 bits per heavy atom. The van der Waals surface area contributed by atoms with Crippen molar-refractivity contribution in [2.45, 2.75) is 19.4 Å². The maximum Gasteiger partial charge on any atom is 0.0702 e. The van der Waals surface area contributed by atoms with Crippen LogP contribution >= 0.6 is 0 Å². The number of nitrogens with one attached hydrogen (secondary N) is 1. The number of hydrogen-bond donors (Lipinski definition) is 1. The highest BCUT2D eigenvalue weighted by molar-refractivity contribution is 6.18. The van der Waals surface area contributed by atoms with Gasteiger partial charge >= 0.3 is 0 Å². The van der Waals surface area contributed by atoms with Gasteiger partial charge in [-0.3, -0.25) is 4.98 Å². The van der Waals surface area contributed by atoms with Gasteiger partial charge in [-0.1, -0.05) is 128 Å². The number of hydrogen-bond acceptors (Lipinski definition) is 2. The summed E-state index contributed by atoms with van der Waals surface area (Å²) < 4.78 is 2.61. The summed E-state index contributed by atoms with van der Waals surface area (Å²) in [7, 11) is 0. The van der Waals surface area contributed by atoms with Gasteiger partial charge in [0, 0.05) is 45.6 Å². The van der Waals surface area contributed by atoms with Gasteiger partial charge in [0.2, 0.25) is 0 Å². The van der Waals surface area contributed by atoms with E-state index in [1.54, 1.807) is 6.08 Å². The second-order valence-electron chi connectivity index (χ2n) is 12.4. The maximum atomic E-state index is 7.46. The Morgan fingerprint density at radius 2 is 1.47 bits per heavy atom. The molecule has 8 rings (SSSR count). The molecule has 0 saturated heterocycles. The molecular weight excluding hydrogens is 571 g/mol. The van der Waals surface area contributed by atoms with Gasteiger partial charge in [0.1, 0.15) is 0 Å². The van der Waals surface area contributed by atoms with Crippen LogP contribution in [-0.4, -0.2) is 15.8 Å². The number of nitrogens with zero attached hydrogens (tertiary/aromatic N) is 2. The molecule has 3 nitrogen and oxygen atoms in total. The predicted octanol–water partition coefficient (Wildman–Crippen LogP) is 11.1. The Hall–Kier alpha value is -5.80. The van der Waals surface area contributed by atoms with Crippen LogP contribution in [0, 0.1) is 11.3 Å². The highest BCUT2D eigenvalue weighted by atomic mass is 15.0. The molecule has 2 atom stereocenters. The Kier molecular flexibility index (Phi) is 7.43. The highest BCUT2D eigenvalue weighted by Gasteiger charge is 2.30. The van der Waals surface area contributed by atoms with Crippen LogP contribution in [0.3, 0.4) is 0 Å². The third-order valence-electron chi connectivity index (χ3n) is 9.57. The molecule has 0 aliphatic heterocycles. The van der Waals surface area contributed by atoms with E-state index < -0.39 is 0 Å². The fraction of sp³-hybridized carbons (Fsp3) is 0.0909. The van der Waals surface area contributed by atoms with Crippen LogP contribution in [0.15, 0.2) is 158 Å². The van der Waals surface area contributed by atoms with Crippen molar-refractivity contribution in [1.29, 1.82) is 5.41 Å². The van der Waals surface area contributed by atoms with Gasteiger partial charge in [-0.15, -0.1) is 0 Å². The van der Waals surface area contributed by atoms with E-state index in [9.17, 15) is 0 Å². The van der Waals surface area contributed by atoms with E-state index in [1.165, 1.54) is 66.6 Å². The van der Waals surface area contributed by atoms with E-state index in [0.717, 1.165) is 17.7 Å². The Bertz CT molecular complexity index is 2340. The molecule has 47 heavy (non-hydrogen) atoms. The molecular formula is C44H35N3. The molecule has 2 unspecified atom stereocenters. The lowest BCUT2D eigenvalue weighted by Crippen LogP contribution is -2.20. The third-order valence-corrected chi connectivity index (χ3v) is 9.57. The molecule has 3 heteroatoms. The van der Waals surface area contributed by atoms with Crippen LogP contribution in [-0.2, 0) is 6.42 Å². The van der Waals surface area contributed by atoms with Crippen LogP contribution in [0.5, 0.6) is 0 Å². The molecule has 7 aromatic rings. The van der Waals surface area contributed by atoms with Crippen LogP contribution in [0.4, 0.5) is 0 Å². The zero-order chi connectivity index (χ0) is 31.7.